The predicted octanol–water partition coefficient (Wildman–Crippen LogP) is 1.05. The standard InChI is InChI=1S/C14H20N4O5S/c1-16(2)24(22,23)17-8-4-5-11(10-17)14(19)15-12-6-3-7-13(9-12)18(20)21/h3,6-7,9,11H,4-5,8,10H2,1-2H3,(H,15,19)/t11-/m0/s1. The predicted molar refractivity (Wildman–Crippen MR) is 88.6 cm³/mol. The lowest BCUT2D eigenvalue weighted by Gasteiger charge is -2.32. The SMILES string of the molecule is CN(C)S(=O)(=O)N1CCC[C@H](C(=O)Nc2cccc([N+](=O)[O-])c2)C1. The highest BCUT2D eigenvalue weighted by Crippen LogP contribution is 2.23. The molecule has 0 bridgehead atoms. The molecule has 0 radical (unpaired) electrons. The van der Waals surface area contributed by atoms with E-state index in [0.717, 1.165) is 4.31 Å². The summed E-state index contributed by atoms with van der Waals surface area (Å²) < 4.78 is 26.8. The summed E-state index contributed by atoms with van der Waals surface area (Å²) >= 11 is 0. The number of non-ortho nitro benzene ring substituents is 1. The zero-order chi connectivity index (χ0) is 17.9. The van der Waals surface area contributed by atoms with Crippen LogP contribution in [-0.2, 0) is 15.0 Å². The number of carbonyl (C=O) groups excluding carboxylic acids is 1. The summed E-state index contributed by atoms with van der Waals surface area (Å²) in [4.78, 5) is 22.6. The molecule has 1 aliphatic heterocycles. The molecule has 1 atom stereocenters. The fourth-order valence-corrected chi connectivity index (χ4v) is 3.73. The van der Waals surface area contributed by atoms with E-state index >= 15 is 0 Å². The Morgan fingerprint density at radius 2 is 2.12 bits per heavy atom. The van der Waals surface area contributed by atoms with Crippen LogP contribution in [0.4, 0.5) is 11.4 Å². The molecule has 0 unspecified atom stereocenters. The Bertz CT molecular complexity index is 734. The normalized spacial score (nSPS) is 19.2. The number of rotatable bonds is 5. The topological polar surface area (TPSA) is 113 Å². The van der Waals surface area contributed by atoms with Gasteiger partial charge in [-0.15, -0.1) is 0 Å². The number of nitro groups is 1. The van der Waals surface area contributed by atoms with Crippen LogP contribution in [0.5, 0.6) is 0 Å². The lowest BCUT2D eigenvalue weighted by molar-refractivity contribution is -0.384. The van der Waals surface area contributed by atoms with Crippen LogP contribution in [0, 0.1) is 16.0 Å². The Kier molecular flexibility index (Phi) is 5.52. The van der Waals surface area contributed by atoms with Crippen molar-refractivity contribution in [2.24, 2.45) is 5.92 Å². The molecule has 2 rings (SSSR count). The van der Waals surface area contributed by atoms with Crippen molar-refractivity contribution in [1.29, 1.82) is 0 Å². The summed E-state index contributed by atoms with van der Waals surface area (Å²) in [6, 6.07) is 5.65. The summed E-state index contributed by atoms with van der Waals surface area (Å²) in [5, 5.41) is 13.4. The van der Waals surface area contributed by atoms with Gasteiger partial charge in [0.2, 0.25) is 5.91 Å². The molecule has 0 aromatic heterocycles. The van der Waals surface area contributed by atoms with Crippen molar-refractivity contribution >= 4 is 27.5 Å². The lowest BCUT2D eigenvalue weighted by atomic mass is 9.98. The smallest absolute Gasteiger partial charge is 0.281 e. The summed E-state index contributed by atoms with van der Waals surface area (Å²) in [7, 11) is -0.667. The highest BCUT2D eigenvalue weighted by Gasteiger charge is 2.33. The summed E-state index contributed by atoms with van der Waals surface area (Å²) in [5.74, 6) is -0.832. The van der Waals surface area contributed by atoms with E-state index in [4.69, 9.17) is 0 Å². The van der Waals surface area contributed by atoms with Crippen molar-refractivity contribution in [3.8, 4) is 0 Å². The lowest BCUT2D eigenvalue weighted by Crippen LogP contribution is -2.47. The fraction of sp³-hybridized carbons (Fsp3) is 0.500. The van der Waals surface area contributed by atoms with Crippen LogP contribution >= 0.6 is 0 Å². The van der Waals surface area contributed by atoms with Crippen LogP contribution in [0.1, 0.15) is 12.8 Å². The molecular formula is C14H20N4O5S. The molecule has 1 aromatic rings. The summed E-state index contributed by atoms with van der Waals surface area (Å²) in [6.45, 7) is 0.475. The van der Waals surface area contributed by atoms with E-state index in [1.165, 1.54) is 36.6 Å². The van der Waals surface area contributed by atoms with Crippen molar-refractivity contribution in [2.45, 2.75) is 12.8 Å². The van der Waals surface area contributed by atoms with Gasteiger partial charge in [-0.2, -0.15) is 17.0 Å². The molecular weight excluding hydrogens is 336 g/mol. The number of nitrogens with zero attached hydrogens (tertiary/aromatic N) is 3. The number of anilines is 1. The van der Waals surface area contributed by atoms with Gasteiger partial charge in [-0.3, -0.25) is 14.9 Å². The molecule has 1 N–H and O–H groups in total. The third-order valence-electron chi connectivity index (χ3n) is 3.87. The zero-order valence-corrected chi connectivity index (χ0v) is 14.3. The van der Waals surface area contributed by atoms with Gasteiger partial charge in [0.05, 0.1) is 10.8 Å². The minimum atomic E-state index is -3.56. The number of piperidine rings is 1. The molecule has 24 heavy (non-hydrogen) atoms. The second-order valence-electron chi connectivity index (χ2n) is 5.78. The van der Waals surface area contributed by atoms with Crippen LogP contribution in [0.25, 0.3) is 0 Å². The van der Waals surface area contributed by atoms with Crippen LogP contribution in [0.3, 0.4) is 0 Å². The first-order valence-corrected chi connectivity index (χ1v) is 8.84. The number of carbonyl (C=O) groups is 1. The monoisotopic (exact) mass is 356 g/mol. The molecule has 1 amide bonds. The Morgan fingerprint density at radius 1 is 1.42 bits per heavy atom. The van der Waals surface area contributed by atoms with Crippen molar-refractivity contribution < 1.29 is 18.1 Å². The molecule has 1 aromatic carbocycles. The van der Waals surface area contributed by atoms with Gasteiger partial charge in [0, 0.05) is 45.0 Å². The van der Waals surface area contributed by atoms with Crippen LogP contribution in [0.15, 0.2) is 24.3 Å². The van der Waals surface area contributed by atoms with Crippen molar-refractivity contribution in [3.63, 3.8) is 0 Å². The van der Waals surface area contributed by atoms with Gasteiger partial charge in [-0.05, 0) is 18.9 Å². The zero-order valence-electron chi connectivity index (χ0n) is 13.5. The van der Waals surface area contributed by atoms with E-state index in [1.54, 1.807) is 6.07 Å². The van der Waals surface area contributed by atoms with Crippen LogP contribution in [0.2, 0.25) is 0 Å². The molecule has 1 heterocycles. The molecule has 0 saturated carbocycles. The van der Waals surface area contributed by atoms with Gasteiger partial charge in [-0.25, -0.2) is 0 Å². The third kappa shape index (κ3) is 4.08. The Morgan fingerprint density at radius 3 is 2.75 bits per heavy atom. The molecule has 1 aliphatic rings. The first kappa shape index (κ1) is 18.3. The summed E-state index contributed by atoms with van der Waals surface area (Å²) in [6.07, 6.45) is 1.15. The maximum Gasteiger partial charge on any atom is 0.281 e. The van der Waals surface area contributed by atoms with Gasteiger partial charge in [0.15, 0.2) is 0 Å². The molecule has 9 nitrogen and oxygen atoms in total. The molecule has 0 aliphatic carbocycles. The largest absolute Gasteiger partial charge is 0.326 e. The Hall–Kier alpha value is -2.04. The number of benzene rings is 1. The van der Waals surface area contributed by atoms with Gasteiger partial charge >= 0.3 is 0 Å². The highest BCUT2D eigenvalue weighted by atomic mass is 32.2. The number of nitrogens with one attached hydrogen (secondary N) is 1. The maximum absolute atomic E-state index is 12.4. The van der Waals surface area contributed by atoms with Crippen molar-refractivity contribution in [3.05, 3.63) is 34.4 Å². The van der Waals surface area contributed by atoms with E-state index in [1.807, 2.05) is 0 Å². The molecule has 1 fully saturated rings. The van der Waals surface area contributed by atoms with E-state index in [0.29, 0.717) is 25.1 Å². The van der Waals surface area contributed by atoms with Gasteiger partial charge in [0.25, 0.3) is 15.9 Å². The van der Waals surface area contributed by atoms with Gasteiger partial charge < -0.3 is 5.32 Å². The minimum absolute atomic E-state index is 0.0985. The molecule has 0 spiro atoms. The van der Waals surface area contributed by atoms with E-state index in [9.17, 15) is 23.3 Å². The second-order valence-corrected chi connectivity index (χ2v) is 7.93. The summed E-state index contributed by atoms with van der Waals surface area (Å²) in [5.41, 5.74) is 0.204. The first-order chi connectivity index (χ1) is 11.2. The number of hydrogen-bond donors (Lipinski definition) is 1. The van der Waals surface area contributed by atoms with Crippen molar-refractivity contribution in [2.75, 3.05) is 32.5 Å². The Balaban J connectivity index is 2.07. The van der Waals surface area contributed by atoms with Gasteiger partial charge in [0.1, 0.15) is 0 Å². The Labute approximate surface area is 140 Å². The molecule has 1 saturated heterocycles. The quantitative estimate of drug-likeness (QED) is 0.626. The number of hydrogen-bond acceptors (Lipinski definition) is 5. The third-order valence-corrected chi connectivity index (χ3v) is 5.77. The van der Waals surface area contributed by atoms with E-state index < -0.39 is 21.1 Å². The van der Waals surface area contributed by atoms with Crippen molar-refractivity contribution in [1.82, 2.24) is 8.61 Å². The fourth-order valence-electron chi connectivity index (χ4n) is 2.54. The van der Waals surface area contributed by atoms with E-state index in [2.05, 4.69) is 5.32 Å². The first-order valence-electron chi connectivity index (χ1n) is 7.44. The number of nitro benzene ring substituents is 1. The highest BCUT2D eigenvalue weighted by molar-refractivity contribution is 7.86. The molecule has 10 heteroatoms. The number of amides is 1. The average molecular weight is 356 g/mol. The van der Waals surface area contributed by atoms with Crippen LogP contribution < -0.4 is 5.32 Å². The van der Waals surface area contributed by atoms with E-state index in [-0.39, 0.29) is 18.1 Å². The average Bonchev–Trinajstić information content (AvgIpc) is 2.55. The second kappa shape index (κ2) is 7.24. The minimum Gasteiger partial charge on any atom is -0.326 e. The van der Waals surface area contributed by atoms with Crippen LogP contribution in [-0.4, -0.2) is 55.0 Å². The van der Waals surface area contributed by atoms with Gasteiger partial charge in [-0.1, -0.05) is 6.07 Å². The molecule has 132 valence electrons. The maximum atomic E-state index is 12.4.